The van der Waals surface area contributed by atoms with E-state index >= 15 is 0 Å². The Balaban J connectivity index is 2.98. The maximum atomic E-state index is 6.33. The van der Waals surface area contributed by atoms with Gasteiger partial charge in [0.25, 0.3) is 0 Å². The highest BCUT2D eigenvalue weighted by atomic mass is 16.5. The fourth-order valence-corrected chi connectivity index (χ4v) is 3.46. The predicted molar refractivity (Wildman–Crippen MR) is 126 cm³/mol. The summed E-state index contributed by atoms with van der Waals surface area (Å²) in [5, 5.41) is 0. The minimum absolute atomic E-state index is 0.00211. The third kappa shape index (κ3) is 9.42. The van der Waals surface area contributed by atoms with Gasteiger partial charge in [0.15, 0.2) is 0 Å². The molecule has 3 nitrogen and oxygen atoms in total. The molecule has 0 atom stereocenters. The van der Waals surface area contributed by atoms with Crippen LogP contribution in [0.25, 0.3) is 0 Å². The molecule has 0 aromatic heterocycles. The van der Waals surface area contributed by atoms with Crippen molar-refractivity contribution in [2.75, 3.05) is 19.8 Å². The van der Waals surface area contributed by atoms with Crippen LogP contribution in [0.2, 0.25) is 0 Å². The number of rotatable bonds is 13. The second kappa shape index (κ2) is 12.5. The Morgan fingerprint density at radius 2 is 1.07 bits per heavy atom. The van der Waals surface area contributed by atoms with Gasteiger partial charge < -0.3 is 15.2 Å². The van der Waals surface area contributed by atoms with E-state index in [2.05, 4.69) is 60.6 Å². The third-order valence-corrected chi connectivity index (χ3v) is 5.31. The Labute approximate surface area is 180 Å². The summed E-state index contributed by atoms with van der Waals surface area (Å²) in [5.74, 6) is 2.01. The fourth-order valence-electron chi connectivity index (χ4n) is 3.46. The van der Waals surface area contributed by atoms with Crippen LogP contribution in [0, 0.1) is 0 Å². The molecule has 2 N–H and O–H groups in total. The van der Waals surface area contributed by atoms with Crippen LogP contribution in [0.1, 0.15) is 111 Å². The van der Waals surface area contributed by atoms with E-state index in [-0.39, 0.29) is 10.8 Å². The fraction of sp³-hybridized carbons (Fsp3) is 0.769. The van der Waals surface area contributed by atoms with E-state index < -0.39 is 0 Å². The standard InChI is InChI=1S/C26H47NO2/c1-8-9-10-11-12-14-17-28-23-19-22(26(5,6)7)24(29-18-15-13-16-27)20-21(23)25(2,3)4/h19-20H,8-18,27H2,1-7H3. The molecular weight excluding hydrogens is 358 g/mol. The Morgan fingerprint density at radius 1 is 0.655 bits per heavy atom. The van der Waals surface area contributed by atoms with Gasteiger partial charge in [-0.25, -0.2) is 0 Å². The van der Waals surface area contributed by atoms with E-state index in [4.69, 9.17) is 15.2 Å². The van der Waals surface area contributed by atoms with Crippen molar-refractivity contribution in [1.82, 2.24) is 0 Å². The first-order valence-electron chi connectivity index (χ1n) is 11.8. The topological polar surface area (TPSA) is 44.5 Å². The number of benzene rings is 1. The molecule has 1 aromatic carbocycles. The van der Waals surface area contributed by atoms with Crippen molar-refractivity contribution in [1.29, 1.82) is 0 Å². The number of unbranched alkanes of at least 4 members (excludes halogenated alkanes) is 6. The van der Waals surface area contributed by atoms with Crippen molar-refractivity contribution in [3.63, 3.8) is 0 Å². The smallest absolute Gasteiger partial charge is 0.123 e. The number of nitrogens with two attached hydrogens (primary N) is 1. The molecule has 0 radical (unpaired) electrons. The molecular formula is C26H47NO2. The molecule has 0 saturated carbocycles. The zero-order valence-corrected chi connectivity index (χ0v) is 20.3. The summed E-state index contributed by atoms with van der Waals surface area (Å²) >= 11 is 0. The summed E-state index contributed by atoms with van der Waals surface area (Å²) in [4.78, 5) is 0. The molecule has 29 heavy (non-hydrogen) atoms. The van der Waals surface area contributed by atoms with Crippen molar-refractivity contribution in [2.45, 2.75) is 111 Å². The summed E-state index contributed by atoms with van der Waals surface area (Å²) < 4.78 is 12.6. The van der Waals surface area contributed by atoms with E-state index in [1.165, 1.54) is 43.2 Å². The molecule has 0 amide bonds. The van der Waals surface area contributed by atoms with Crippen molar-refractivity contribution in [3.8, 4) is 11.5 Å². The van der Waals surface area contributed by atoms with Gasteiger partial charge in [-0.3, -0.25) is 0 Å². The summed E-state index contributed by atoms with van der Waals surface area (Å²) in [6.45, 7) is 17.9. The van der Waals surface area contributed by atoms with Gasteiger partial charge in [-0.05, 0) is 48.8 Å². The van der Waals surface area contributed by atoms with E-state index in [0.29, 0.717) is 13.2 Å². The highest BCUT2D eigenvalue weighted by molar-refractivity contribution is 5.51. The Hall–Kier alpha value is -1.22. The second-order valence-corrected chi connectivity index (χ2v) is 10.3. The van der Waals surface area contributed by atoms with E-state index in [1.807, 2.05) is 0 Å². The van der Waals surface area contributed by atoms with Crippen LogP contribution >= 0.6 is 0 Å². The Kier molecular flexibility index (Phi) is 11.1. The van der Waals surface area contributed by atoms with E-state index in [0.717, 1.165) is 37.4 Å². The molecule has 3 heteroatoms. The molecule has 1 aromatic rings. The number of hydrogen-bond acceptors (Lipinski definition) is 3. The average Bonchev–Trinajstić information content (AvgIpc) is 2.63. The summed E-state index contributed by atoms with van der Waals surface area (Å²) in [6, 6.07) is 4.45. The number of hydrogen-bond donors (Lipinski definition) is 1. The first-order chi connectivity index (χ1) is 13.6. The van der Waals surface area contributed by atoms with Crippen LogP contribution in [0.4, 0.5) is 0 Å². The normalized spacial score (nSPS) is 12.3. The van der Waals surface area contributed by atoms with Crippen LogP contribution < -0.4 is 15.2 Å². The van der Waals surface area contributed by atoms with Gasteiger partial charge in [-0.1, -0.05) is 80.6 Å². The largest absolute Gasteiger partial charge is 0.493 e. The molecule has 0 aliphatic rings. The maximum Gasteiger partial charge on any atom is 0.123 e. The van der Waals surface area contributed by atoms with Crippen LogP contribution in [0.3, 0.4) is 0 Å². The lowest BCUT2D eigenvalue weighted by Crippen LogP contribution is -2.19. The van der Waals surface area contributed by atoms with E-state index in [1.54, 1.807) is 0 Å². The molecule has 168 valence electrons. The van der Waals surface area contributed by atoms with Crippen molar-refractivity contribution in [2.24, 2.45) is 5.73 Å². The first kappa shape index (κ1) is 25.8. The van der Waals surface area contributed by atoms with Crippen molar-refractivity contribution < 1.29 is 9.47 Å². The molecule has 0 aliphatic heterocycles. The monoisotopic (exact) mass is 405 g/mol. The van der Waals surface area contributed by atoms with Gasteiger partial charge in [0, 0.05) is 11.1 Å². The van der Waals surface area contributed by atoms with Gasteiger partial charge in [-0.15, -0.1) is 0 Å². The summed E-state index contributed by atoms with van der Waals surface area (Å²) in [6.07, 6.45) is 9.64. The van der Waals surface area contributed by atoms with Gasteiger partial charge in [-0.2, -0.15) is 0 Å². The molecule has 0 heterocycles. The van der Waals surface area contributed by atoms with Crippen LogP contribution in [-0.4, -0.2) is 19.8 Å². The van der Waals surface area contributed by atoms with E-state index in [9.17, 15) is 0 Å². The van der Waals surface area contributed by atoms with Gasteiger partial charge >= 0.3 is 0 Å². The SMILES string of the molecule is CCCCCCCCOc1cc(C(C)(C)C)c(OCCCCN)cc1C(C)(C)C. The number of ether oxygens (including phenoxy) is 2. The molecule has 0 bridgehead atoms. The summed E-state index contributed by atoms with van der Waals surface area (Å²) in [5.41, 5.74) is 8.07. The first-order valence-corrected chi connectivity index (χ1v) is 11.8. The zero-order chi connectivity index (χ0) is 21.9. The van der Waals surface area contributed by atoms with Gasteiger partial charge in [0.2, 0.25) is 0 Å². The minimum atomic E-state index is -0.00211. The van der Waals surface area contributed by atoms with Crippen LogP contribution in [0.15, 0.2) is 12.1 Å². The van der Waals surface area contributed by atoms with Gasteiger partial charge in [0.05, 0.1) is 13.2 Å². The van der Waals surface area contributed by atoms with Crippen LogP contribution in [-0.2, 0) is 10.8 Å². The summed E-state index contributed by atoms with van der Waals surface area (Å²) in [7, 11) is 0. The Morgan fingerprint density at radius 3 is 1.48 bits per heavy atom. The molecule has 0 unspecified atom stereocenters. The predicted octanol–water partition coefficient (Wildman–Crippen LogP) is 7.14. The highest BCUT2D eigenvalue weighted by Gasteiger charge is 2.26. The molecule has 0 fully saturated rings. The quantitative estimate of drug-likeness (QED) is 0.355. The van der Waals surface area contributed by atoms with Gasteiger partial charge in [0.1, 0.15) is 11.5 Å². The van der Waals surface area contributed by atoms with Crippen molar-refractivity contribution >= 4 is 0 Å². The van der Waals surface area contributed by atoms with Crippen molar-refractivity contribution in [3.05, 3.63) is 23.3 Å². The van der Waals surface area contributed by atoms with Crippen LogP contribution in [0.5, 0.6) is 11.5 Å². The molecule has 0 spiro atoms. The average molecular weight is 406 g/mol. The third-order valence-electron chi connectivity index (χ3n) is 5.31. The maximum absolute atomic E-state index is 6.33. The Bertz CT molecular complexity index is 582. The lowest BCUT2D eigenvalue weighted by Gasteiger charge is -2.29. The lowest BCUT2D eigenvalue weighted by molar-refractivity contribution is 0.285. The minimum Gasteiger partial charge on any atom is -0.493 e. The molecule has 1 rings (SSSR count). The second-order valence-electron chi connectivity index (χ2n) is 10.3. The molecule has 0 aliphatic carbocycles. The lowest BCUT2D eigenvalue weighted by atomic mass is 9.81. The zero-order valence-electron chi connectivity index (χ0n) is 20.3. The molecule has 0 saturated heterocycles. The highest BCUT2D eigenvalue weighted by Crippen LogP contribution is 2.41.